The van der Waals surface area contributed by atoms with E-state index in [1.54, 1.807) is 62.4 Å². The van der Waals surface area contributed by atoms with E-state index >= 15 is 0 Å². The normalized spacial score (nSPS) is 15.6. The number of carbonyl (C=O) groups is 4. The van der Waals surface area contributed by atoms with Crippen molar-refractivity contribution in [3.05, 3.63) is 99.8 Å². The van der Waals surface area contributed by atoms with E-state index in [-0.39, 0.29) is 64.8 Å². The molecule has 3 heterocycles. The van der Waals surface area contributed by atoms with E-state index < -0.39 is 44.6 Å². The Bertz CT molecular complexity index is 2930. The first-order valence-electron chi connectivity index (χ1n) is 25.4. The highest BCUT2D eigenvalue weighted by Gasteiger charge is 2.44. The van der Waals surface area contributed by atoms with Crippen LogP contribution in [0.25, 0.3) is 10.4 Å². The van der Waals surface area contributed by atoms with Crippen molar-refractivity contribution >= 4 is 79.5 Å². The number of hydrogen-bond donors (Lipinski definition) is 5. The molecule has 17 nitrogen and oxygen atoms in total. The number of benzene rings is 3. The van der Waals surface area contributed by atoms with Crippen LogP contribution < -0.4 is 26.0 Å². The summed E-state index contributed by atoms with van der Waals surface area (Å²) < 4.78 is 31.8. The van der Waals surface area contributed by atoms with Gasteiger partial charge in [0.1, 0.15) is 22.9 Å². The Hall–Kier alpha value is -6.15. The average molecular weight is 1090 g/mol. The van der Waals surface area contributed by atoms with Gasteiger partial charge in [-0.3, -0.25) is 19.2 Å². The molecule has 0 radical (unpaired) electrons. The molecule has 0 spiro atoms. The Kier molecular flexibility index (Phi) is 19.8. The first kappa shape index (κ1) is 58.1. The van der Waals surface area contributed by atoms with Crippen LogP contribution >= 0.6 is 22.9 Å². The molecule has 20 heteroatoms. The molecule has 4 amide bonds. The number of aliphatic hydroxyl groups excluding tert-OH is 1. The summed E-state index contributed by atoms with van der Waals surface area (Å²) in [6.45, 7) is 15.1. The van der Waals surface area contributed by atoms with E-state index in [4.69, 9.17) is 16.3 Å². The summed E-state index contributed by atoms with van der Waals surface area (Å²) in [5.41, 5.74) is 6.92. The number of aliphatic hydroxyl groups is 1. The maximum atomic E-state index is 14.2. The van der Waals surface area contributed by atoms with Gasteiger partial charge in [0.2, 0.25) is 29.6 Å². The molecular formula is C55H72ClN9O8S2. The quantitative estimate of drug-likeness (QED) is 0.0385. The van der Waals surface area contributed by atoms with Crippen LogP contribution in [0.5, 0.6) is 5.75 Å². The highest BCUT2D eigenvalue weighted by Crippen LogP contribution is 2.35. The Morgan fingerprint density at radius 2 is 1.63 bits per heavy atom. The fourth-order valence-corrected chi connectivity index (χ4v) is 11.0. The van der Waals surface area contributed by atoms with Crippen molar-refractivity contribution in [3.63, 3.8) is 0 Å². The van der Waals surface area contributed by atoms with E-state index in [0.29, 0.717) is 49.4 Å². The van der Waals surface area contributed by atoms with Crippen LogP contribution in [0.3, 0.4) is 0 Å². The van der Waals surface area contributed by atoms with Crippen molar-refractivity contribution in [1.82, 2.24) is 35.4 Å². The largest absolute Gasteiger partial charge is 0.495 e. The second-order valence-corrected chi connectivity index (χ2v) is 24.3. The van der Waals surface area contributed by atoms with Gasteiger partial charge in [-0.05, 0) is 106 Å². The predicted octanol–water partition coefficient (Wildman–Crippen LogP) is 9.26. The summed E-state index contributed by atoms with van der Waals surface area (Å²) in [6.07, 6.45) is 4.48. The molecule has 0 bridgehead atoms. The lowest BCUT2D eigenvalue weighted by Crippen LogP contribution is -2.57. The number of rotatable bonds is 23. The van der Waals surface area contributed by atoms with Gasteiger partial charge < -0.3 is 40.9 Å². The van der Waals surface area contributed by atoms with Gasteiger partial charge >= 0.3 is 0 Å². The number of amides is 4. The zero-order valence-electron chi connectivity index (χ0n) is 44.6. The van der Waals surface area contributed by atoms with Gasteiger partial charge in [0, 0.05) is 39.4 Å². The number of methoxy groups -OCH3 is 1. The third-order valence-electron chi connectivity index (χ3n) is 13.5. The molecule has 3 aromatic carbocycles. The van der Waals surface area contributed by atoms with Gasteiger partial charge in [-0.15, -0.1) is 11.3 Å². The van der Waals surface area contributed by atoms with Crippen molar-refractivity contribution in [1.29, 1.82) is 0 Å². The molecule has 75 heavy (non-hydrogen) atoms. The lowest BCUT2D eigenvalue weighted by molar-refractivity contribution is -0.144. The number of para-hydroxylation sites is 1. The number of anilines is 4. The number of halogens is 1. The van der Waals surface area contributed by atoms with E-state index in [2.05, 4.69) is 36.2 Å². The van der Waals surface area contributed by atoms with Crippen LogP contribution in [0.15, 0.2) is 77.3 Å². The van der Waals surface area contributed by atoms with Gasteiger partial charge in [0.05, 0.1) is 63.1 Å². The number of thiazole rings is 1. The molecule has 404 valence electrons. The van der Waals surface area contributed by atoms with Crippen LogP contribution in [0.2, 0.25) is 5.02 Å². The molecule has 0 aliphatic carbocycles. The maximum absolute atomic E-state index is 14.2. The highest BCUT2D eigenvalue weighted by molar-refractivity contribution is 7.92. The van der Waals surface area contributed by atoms with Crippen molar-refractivity contribution in [2.45, 2.75) is 141 Å². The van der Waals surface area contributed by atoms with Gasteiger partial charge in [-0.25, -0.2) is 18.4 Å². The second-order valence-electron chi connectivity index (χ2n) is 20.6. The number of aromatic nitrogens is 3. The summed E-state index contributed by atoms with van der Waals surface area (Å²) in [4.78, 5) is 71.9. The third kappa shape index (κ3) is 15.0. The zero-order chi connectivity index (χ0) is 54.8. The summed E-state index contributed by atoms with van der Waals surface area (Å²) in [7, 11) is -0.260. The number of sulfone groups is 1. The van der Waals surface area contributed by atoms with E-state index in [1.807, 2.05) is 83.5 Å². The topological polar surface area (TPSA) is 225 Å². The summed E-state index contributed by atoms with van der Waals surface area (Å²) >= 11 is 8.03. The monoisotopic (exact) mass is 1090 g/mol. The fraction of sp³-hybridized carbons (Fsp3) is 0.473. The molecule has 5 N–H and O–H groups in total. The molecule has 0 saturated carbocycles. The highest BCUT2D eigenvalue weighted by atomic mass is 35.5. The summed E-state index contributed by atoms with van der Waals surface area (Å²) in [6, 6.07) is 16.2. The molecular weight excluding hydrogens is 1010 g/mol. The lowest BCUT2D eigenvalue weighted by atomic mass is 9.85. The van der Waals surface area contributed by atoms with E-state index in [0.717, 1.165) is 45.7 Å². The zero-order valence-corrected chi connectivity index (χ0v) is 47.0. The number of carbonyl (C=O) groups excluding carboxylic acids is 4. The Morgan fingerprint density at radius 3 is 2.28 bits per heavy atom. The Balaban J connectivity index is 0.936. The smallest absolute Gasteiger partial charge is 0.246 e. The minimum Gasteiger partial charge on any atom is -0.495 e. The van der Waals surface area contributed by atoms with Gasteiger partial charge in [0.25, 0.3) is 0 Å². The first-order chi connectivity index (χ1) is 35.5. The maximum Gasteiger partial charge on any atom is 0.246 e. The van der Waals surface area contributed by atoms with Crippen molar-refractivity contribution < 1.29 is 37.4 Å². The van der Waals surface area contributed by atoms with Gasteiger partial charge in [-0.1, -0.05) is 81.6 Å². The van der Waals surface area contributed by atoms with E-state index in [1.165, 1.54) is 17.2 Å². The van der Waals surface area contributed by atoms with Crippen LogP contribution in [0, 0.1) is 19.3 Å². The van der Waals surface area contributed by atoms with Crippen LogP contribution in [0.1, 0.15) is 115 Å². The molecule has 2 aromatic heterocycles. The summed E-state index contributed by atoms with van der Waals surface area (Å²) in [5.74, 6) is -0.0822. The number of β-amino-alcohol motifs (C(OH)–C–C–N with tert-alkyl or cyclic N) is 1. The second kappa shape index (κ2) is 25.6. The molecule has 1 fully saturated rings. The number of ether oxygens (including phenoxy) is 1. The van der Waals surface area contributed by atoms with E-state index in [9.17, 15) is 32.7 Å². The lowest BCUT2D eigenvalue weighted by Gasteiger charge is -2.35. The van der Waals surface area contributed by atoms with Crippen molar-refractivity contribution in [2.24, 2.45) is 5.41 Å². The predicted molar refractivity (Wildman–Crippen MR) is 296 cm³/mol. The number of hydrogen-bond acceptors (Lipinski definition) is 14. The number of likely N-dealkylation sites (tertiary alicyclic amines) is 1. The van der Waals surface area contributed by atoms with Gasteiger partial charge in [0.15, 0.2) is 15.7 Å². The van der Waals surface area contributed by atoms with Gasteiger partial charge in [-0.2, -0.15) is 4.98 Å². The molecule has 0 unspecified atom stereocenters. The van der Waals surface area contributed by atoms with Crippen LogP contribution in [0.4, 0.5) is 23.1 Å². The molecule has 1 aliphatic rings. The minimum atomic E-state index is -3.60. The molecule has 1 aliphatic heterocycles. The molecule has 1 saturated heterocycles. The first-order valence-corrected chi connectivity index (χ1v) is 28.2. The number of nitrogens with zero attached hydrogens (tertiary/aromatic N) is 5. The number of nitrogens with one attached hydrogen (secondary N) is 4. The number of unbranched alkanes of at least 4 members (excludes halogenated alkanes) is 3. The van der Waals surface area contributed by atoms with Crippen molar-refractivity contribution in [2.75, 3.05) is 37.9 Å². The summed E-state index contributed by atoms with van der Waals surface area (Å²) in [5, 5.41) is 22.5. The third-order valence-corrected chi connectivity index (χ3v) is 16.9. The van der Waals surface area contributed by atoms with Crippen LogP contribution in [-0.4, -0.2) is 113 Å². The number of aryl methyl sites for hydroxylation is 2. The molecule has 5 aromatic rings. The minimum absolute atomic E-state index is 0.0116. The SMILES string of the molecule is COc1cc(CCN(C)C(=O)CCCCCCC(=O)N[C@H](C(=O)N2C[C@H](O)C[C@H]2C(=O)N[C@@H](C)c2ccc(-c3scnc3C)cc2)C(C)(C)C)c(C)cc1Nc1ncc(Cl)c(Nc2ccccc2S(=O)(=O)C(C)C)n1. The Labute approximate surface area is 450 Å². The Morgan fingerprint density at radius 1 is 0.933 bits per heavy atom. The number of likely N-dealkylation sites (N-methyl/N-ethyl adjacent to an activating group) is 1. The average Bonchev–Trinajstić information content (AvgIpc) is 3.99. The molecule has 4 atom stereocenters. The molecule has 6 rings (SSSR count). The van der Waals surface area contributed by atoms with Crippen LogP contribution in [-0.2, 0) is 35.4 Å². The standard InChI is InChI=1S/C55H72ClN9O8S2/c1-33(2)75(71,72)46-18-16-15-17-42(46)60-51-41(56)30-57-54(63-51)61-43-27-34(3)39(28-45(43)73-10)25-26-64(9)48(68)20-14-12-11-13-19-47(67)62-50(55(6,7)8)53(70)65-31-40(66)29-44(65)52(69)59-35(4)37-21-23-38(24-22-37)49-36(5)58-32-74-49/h15-18,21-24,27-28,30,32-33,35,40,44,50,66H,11-14,19-20,25-26,29,31H2,1-10H3,(H,59,69)(H,62,67)(H2,57,60,61,63)/t35-,40+,44-,50+/m0/s1. The van der Waals surface area contributed by atoms with Crippen molar-refractivity contribution in [3.8, 4) is 16.2 Å². The fourth-order valence-electron chi connectivity index (χ4n) is 8.87.